The summed E-state index contributed by atoms with van der Waals surface area (Å²) < 4.78 is 4.95. The standard InChI is InChI=1S/C48H30N4/c1-3-11-29(12-4-1)32-19-22-37-38-23-20-33(30-13-5-2-6-14-30)26-44(38)51(43(37)25-32)34-27-39-36-17-9-10-18-42(36)52-47(39)40(28-34)46-48(52)49-41-24-21-31-15-7-8-16-35(31)45(41)50-46/h1-28,48-49H. The molecule has 1 atom stereocenters. The highest BCUT2D eigenvalue weighted by Gasteiger charge is 2.37. The summed E-state index contributed by atoms with van der Waals surface area (Å²) in [7, 11) is 0. The summed E-state index contributed by atoms with van der Waals surface area (Å²) in [6.45, 7) is 0. The summed E-state index contributed by atoms with van der Waals surface area (Å²) in [5, 5.41) is 11.3. The number of nitrogens with one attached hydrogen (secondary N) is 1. The van der Waals surface area contributed by atoms with Gasteiger partial charge in [0.25, 0.3) is 0 Å². The second-order valence-electron chi connectivity index (χ2n) is 14.0. The van der Waals surface area contributed by atoms with Gasteiger partial charge in [0, 0.05) is 38.2 Å². The van der Waals surface area contributed by atoms with Crippen LogP contribution in [0.3, 0.4) is 0 Å². The highest BCUT2D eigenvalue weighted by Crippen LogP contribution is 2.48. The number of benzene rings is 8. The Kier molecular flexibility index (Phi) is 5.53. The third-order valence-electron chi connectivity index (χ3n) is 11.2. The molecule has 2 aliphatic rings. The van der Waals surface area contributed by atoms with E-state index in [0.717, 1.165) is 28.2 Å². The Hall–Kier alpha value is -6.91. The summed E-state index contributed by atoms with van der Waals surface area (Å²) in [4.78, 5) is 5.53. The minimum absolute atomic E-state index is 0.103. The van der Waals surface area contributed by atoms with Crippen LogP contribution in [0.5, 0.6) is 0 Å². The van der Waals surface area contributed by atoms with Crippen LogP contribution in [0.25, 0.3) is 82.3 Å². The predicted molar refractivity (Wildman–Crippen MR) is 217 cm³/mol. The number of para-hydroxylation sites is 1. The average molecular weight is 663 g/mol. The predicted octanol–water partition coefficient (Wildman–Crippen LogP) is 12.4. The van der Waals surface area contributed by atoms with Crippen LogP contribution < -0.4 is 5.32 Å². The lowest BCUT2D eigenvalue weighted by atomic mass is 10.0. The molecule has 8 aromatic carbocycles. The number of hydrogen-bond donors (Lipinski definition) is 1. The van der Waals surface area contributed by atoms with Crippen molar-refractivity contribution in [1.29, 1.82) is 0 Å². The smallest absolute Gasteiger partial charge is 0.148 e. The van der Waals surface area contributed by atoms with Gasteiger partial charge in [0.15, 0.2) is 0 Å². The van der Waals surface area contributed by atoms with E-state index >= 15 is 0 Å². The van der Waals surface area contributed by atoms with Gasteiger partial charge in [-0.1, -0.05) is 133 Å². The number of hydrogen-bond acceptors (Lipinski definition) is 2. The maximum atomic E-state index is 5.53. The summed E-state index contributed by atoms with van der Waals surface area (Å²) in [5.74, 6) is 0. The van der Waals surface area contributed by atoms with E-state index in [1.54, 1.807) is 0 Å². The molecule has 52 heavy (non-hydrogen) atoms. The Morgan fingerprint density at radius 3 is 1.79 bits per heavy atom. The van der Waals surface area contributed by atoms with Crippen molar-refractivity contribution < 1.29 is 0 Å². The fraction of sp³-hybridized carbons (Fsp3) is 0.0208. The molecule has 242 valence electrons. The molecule has 0 amide bonds. The summed E-state index contributed by atoms with van der Waals surface area (Å²) >= 11 is 0. The fourth-order valence-electron chi connectivity index (χ4n) is 8.91. The van der Waals surface area contributed by atoms with Gasteiger partial charge in [-0.3, -0.25) is 0 Å². The molecular weight excluding hydrogens is 633 g/mol. The summed E-state index contributed by atoms with van der Waals surface area (Å²) in [6, 6.07) is 61.8. The number of aromatic nitrogens is 2. The van der Waals surface area contributed by atoms with E-state index < -0.39 is 0 Å². The molecule has 0 radical (unpaired) electrons. The molecule has 0 bridgehead atoms. The molecule has 1 unspecified atom stereocenters. The summed E-state index contributed by atoms with van der Waals surface area (Å²) in [5.41, 5.74) is 15.1. The first-order valence-electron chi connectivity index (χ1n) is 17.9. The van der Waals surface area contributed by atoms with Gasteiger partial charge in [0.05, 0.1) is 39.2 Å². The van der Waals surface area contributed by atoms with Crippen molar-refractivity contribution in [3.05, 3.63) is 175 Å². The minimum atomic E-state index is -0.103. The second-order valence-corrected chi connectivity index (χ2v) is 14.0. The van der Waals surface area contributed by atoms with Crippen LogP contribution in [0, 0.1) is 0 Å². The Bertz CT molecular complexity index is 3050. The van der Waals surface area contributed by atoms with E-state index in [4.69, 9.17) is 4.99 Å². The Morgan fingerprint density at radius 2 is 1.08 bits per heavy atom. The molecule has 4 heterocycles. The SMILES string of the molecule is c1ccc(-c2ccc3c4ccc(-c5ccccc5)cc4n(-c4cc5c6c(c4)c4ccccc4n6C4Nc6ccc7ccccc7c6N=C54)c3c2)cc1. The van der Waals surface area contributed by atoms with Crippen LogP contribution in [-0.4, -0.2) is 14.8 Å². The first kappa shape index (κ1) is 27.9. The molecule has 1 N–H and O–H groups in total. The molecule has 0 saturated carbocycles. The number of aliphatic imine (C=N–C) groups is 1. The molecular formula is C48H30N4. The topological polar surface area (TPSA) is 34.2 Å². The molecule has 0 fully saturated rings. The molecule has 0 spiro atoms. The number of rotatable bonds is 3. The molecule has 4 nitrogen and oxygen atoms in total. The number of nitrogens with zero attached hydrogens (tertiary/aromatic N) is 3. The van der Waals surface area contributed by atoms with Crippen LogP contribution in [0.4, 0.5) is 11.4 Å². The molecule has 0 aliphatic carbocycles. The summed E-state index contributed by atoms with van der Waals surface area (Å²) in [6.07, 6.45) is -0.103. The zero-order valence-corrected chi connectivity index (χ0v) is 28.1. The van der Waals surface area contributed by atoms with Crippen molar-refractivity contribution in [3.8, 4) is 27.9 Å². The van der Waals surface area contributed by atoms with E-state index in [-0.39, 0.29) is 6.17 Å². The lowest BCUT2D eigenvalue weighted by Gasteiger charge is -2.26. The molecule has 12 rings (SSSR count). The third-order valence-corrected chi connectivity index (χ3v) is 11.2. The first-order valence-corrected chi connectivity index (χ1v) is 17.9. The van der Waals surface area contributed by atoms with Crippen LogP contribution >= 0.6 is 0 Å². The van der Waals surface area contributed by atoms with Crippen molar-refractivity contribution in [2.45, 2.75) is 6.17 Å². The van der Waals surface area contributed by atoms with E-state index in [1.165, 1.54) is 76.8 Å². The monoisotopic (exact) mass is 662 g/mol. The van der Waals surface area contributed by atoms with Gasteiger partial charge < -0.3 is 14.5 Å². The zero-order chi connectivity index (χ0) is 33.9. The average Bonchev–Trinajstić information content (AvgIpc) is 3.84. The lowest BCUT2D eigenvalue weighted by molar-refractivity contribution is 0.779. The van der Waals surface area contributed by atoms with E-state index in [9.17, 15) is 0 Å². The largest absolute Gasteiger partial charge is 0.358 e. The van der Waals surface area contributed by atoms with Crippen molar-refractivity contribution in [2.24, 2.45) is 4.99 Å². The van der Waals surface area contributed by atoms with Gasteiger partial charge in [-0.05, 0) is 64.0 Å². The maximum absolute atomic E-state index is 5.53. The van der Waals surface area contributed by atoms with Gasteiger partial charge in [-0.2, -0.15) is 0 Å². The lowest BCUT2D eigenvalue weighted by Crippen LogP contribution is -2.25. The van der Waals surface area contributed by atoms with Gasteiger partial charge >= 0.3 is 0 Å². The Labute approximate surface area is 299 Å². The van der Waals surface area contributed by atoms with Crippen molar-refractivity contribution >= 4 is 71.5 Å². The maximum Gasteiger partial charge on any atom is 0.148 e. The van der Waals surface area contributed by atoms with Crippen molar-refractivity contribution in [2.75, 3.05) is 5.32 Å². The molecule has 0 saturated heterocycles. The minimum Gasteiger partial charge on any atom is -0.358 e. The molecule has 4 heteroatoms. The van der Waals surface area contributed by atoms with Crippen LogP contribution in [-0.2, 0) is 0 Å². The quantitative estimate of drug-likeness (QED) is 0.201. The van der Waals surface area contributed by atoms with Crippen LogP contribution in [0.1, 0.15) is 11.7 Å². The normalized spacial score (nSPS) is 14.6. The van der Waals surface area contributed by atoms with E-state index in [2.05, 4.69) is 184 Å². The molecule has 2 aromatic heterocycles. The zero-order valence-electron chi connectivity index (χ0n) is 28.1. The number of anilines is 1. The van der Waals surface area contributed by atoms with Crippen molar-refractivity contribution in [3.63, 3.8) is 0 Å². The Morgan fingerprint density at radius 1 is 0.462 bits per heavy atom. The van der Waals surface area contributed by atoms with Crippen molar-refractivity contribution in [1.82, 2.24) is 9.13 Å². The molecule has 10 aromatic rings. The van der Waals surface area contributed by atoms with Gasteiger partial charge in [0.2, 0.25) is 0 Å². The van der Waals surface area contributed by atoms with Gasteiger partial charge in [0.1, 0.15) is 6.17 Å². The highest BCUT2D eigenvalue weighted by atomic mass is 15.2. The van der Waals surface area contributed by atoms with Crippen LogP contribution in [0.15, 0.2) is 175 Å². The van der Waals surface area contributed by atoms with E-state index in [0.29, 0.717) is 0 Å². The third kappa shape index (κ3) is 3.78. The fourth-order valence-corrected chi connectivity index (χ4v) is 8.91. The number of fused-ring (bicyclic) bond motifs is 12. The second kappa shape index (κ2) is 10.3. The van der Waals surface area contributed by atoms with E-state index in [1.807, 2.05) is 0 Å². The highest BCUT2D eigenvalue weighted by molar-refractivity contribution is 6.26. The molecule has 2 aliphatic heterocycles. The first-order chi connectivity index (χ1) is 25.8. The Balaban J connectivity index is 1.19. The van der Waals surface area contributed by atoms with Crippen LogP contribution in [0.2, 0.25) is 0 Å². The van der Waals surface area contributed by atoms with Gasteiger partial charge in [-0.15, -0.1) is 0 Å². The van der Waals surface area contributed by atoms with Gasteiger partial charge in [-0.25, -0.2) is 4.99 Å².